The van der Waals surface area contributed by atoms with Crippen molar-refractivity contribution in [1.29, 1.82) is 0 Å². The van der Waals surface area contributed by atoms with Crippen LogP contribution in [0.1, 0.15) is 29.8 Å². The number of hydrogen-bond acceptors (Lipinski definition) is 5. The molecule has 0 bridgehead atoms. The lowest BCUT2D eigenvalue weighted by molar-refractivity contribution is -0.113. The highest BCUT2D eigenvalue weighted by Gasteiger charge is 2.38. The number of pyridine rings is 1. The van der Waals surface area contributed by atoms with Crippen LogP contribution < -0.4 is 10.2 Å². The number of amides is 1. The van der Waals surface area contributed by atoms with E-state index in [2.05, 4.69) is 36.2 Å². The Morgan fingerprint density at radius 3 is 2.44 bits per heavy atom. The first-order valence-corrected chi connectivity index (χ1v) is 12.8. The maximum Gasteiger partial charge on any atom is 0.234 e. The van der Waals surface area contributed by atoms with Crippen LogP contribution in [0.15, 0.2) is 102 Å². The van der Waals surface area contributed by atoms with Gasteiger partial charge >= 0.3 is 0 Å². The lowest BCUT2D eigenvalue weighted by atomic mass is 9.83. The molecule has 5 nitrogen and oxygen atoms in total. The van der Waals surface area contributed by atoms with Crippen LogP contribution in [0.5, 0.6) is 0 Å². The Morgan fingerprint density at radius 1 is 0.972 bits per heavy atom. The van der Waals surface area contributed by atoms with Crippen LogP contribution in [0.25, 0.3) is 10.9 Å². The van der Waals surface area contributed by atoms with Gasteiger partial charge in [0, 0.05) is 46.6 Å². The fraction of sp³-hybridized carbons (Fsp3) is 0.167. The van der Waals surface area contributed by atoms with Gasteiger partial charge < -0.3 is 10.2 Å². The van der Waals surface area contributed by atoms with Crippen molar-refractivity contribution >= 4 is 45.7 Å². The predicted molar refractivity (Wildman–Crippen MR) is 148 cm³/mol. The summed E-state index contributed by atoms with van der Waals surface area (Å²) in [6.07, 6.45) is 1.75. The molecule has 6 heteroatoms. The van der Waals surface area contributed by atoms with Gasteiger partial charge in [-0.05, 0) is 35.9 Å². The average Bonchev–Trinajstić information content (AvgIpc) is 3.08. The van der Waals surface area contributed by atoms with E-state index >= 15 is 0 Å². The van der Waals surface area contributed by atoms with Gasteiger partial charge in [0.25, 0.3) is 0 Å². The van der Waals surface area contributed by atoms with Crippen LogP contribution in [0, 0.1) is 0 Å². The number of hydrogen-bond donors (Lipinski definition) is 1. The molecule has 0 spiro atoms. The maximum atomic E-state index is 13.7. The molecule has 0 fully saturated rings. The van der Waals surface area contributed by atoms with Crippen LogP contribution >= 0.6 is 11.8 Å². The first kappa shape index (κ1) is 23.8. The van der Waals surface area contributed by atoms with Crippen molar-refractivity contribution in [2.24, 2.45) is 0 Å². The van der Waals surface area contributed by atoms with Crippen LogP contribution in [-0.4, -0.2) is 29.5 Å². The van der Waals surface area contributed by atoms with Gasteiger partial charge in [0.05, 0.1) is 16.3 Å². The zero-order valence-corrected chi connectivity index (χ0v) is 21.3. The van der Waals surface area contributed by atoms with Crippen molar-refractivity contribution < 1.29 is 9.59 Å². The highest BCUT2D eigenvalue weighted by Crippen LogP contribution is 2.46. The summed E-state index contributed by atoms with van der Waals surface area (Å²) in [4.78, 5) is 33.0. The molecule has 0 aliphatic carbocycles. The highest BCUT2D eigenvalue weighted by molar-refractivity contribution is 7.99. The van der Waals surface area contributed by atoms with Gasteiger partial charge in [0.15, 0.2) is 5.78 Å². The second-order valence-corrected chi connectivity index (χ2v) is 10.3. The van der Waals surface area contributed by atoms with Gasteiger partial charge in [0.2, 0.25) is 5.91 Å². The van der Waals surface area contributed by atoms with E-state index in [1.807, 2.05) is 73.8 Å². The first-order valence-electron chi connectivity index (χ1n) is 11.8. The van der Waals surface area contributed by atoms with Crippen molar-refractivity contribution in [2.45, 2.75) is 24.3 Å². The van der Waals surface area contributed by atoms with Crippen molar-refractivity contribution in [1.82, 2.24) is 4.98 Å². The number of allylic oxidation sites excluding steroid dienone is 2. The maximum absolute atomic E-state index is 13.7. The lowest BCUT2D eigenvalue weighted by Crippen LogP contribution is -2.24. The normalized spacial score (nSPS) is 15.2. The Bertz CT molecular complexity index is 1490. The van der Waals surface area contributed by atoms with Crippen molar-refractivity contribution in [3.8, 4) is 0 Å². The second kappa shape index (κ2) is 9.63. The van der Waals surface area contributed by atoms with E-state index in [4.69, 9.17) is 4.98 Å². The number of nitrogens with zero attached hydrogens (tertiary/aromatic N) is 2. The number of aromatic nitrogens is 1. The molecule has 1 N–H and O–H groups in total. The number of rotatable bonds is 6. The SMILES string of the molecule is CN1/C(=C\C(=O)c2cc(SCC(=O)Nc3ccccc3)nc3ccccc23)C(C)(C)c2ccccc21. The zero-order chi connectivity index (χ0) is 25.3. The van der Waals surface area contributed by atoms with Crippen LogP contribution in [0.4, 0.5) is 11.4 Å². The molecule has 3 aromatic carbocycles. The molecule has 0 unspecified atom stereocenters. The molecule has 180 valence electrons. The number of carbonyl (C=O) groups is 2. The molecular formula is C30H27N3O2S. The number of thioether (sulfide) groups is 1. The second-order valence-electron chi connectivity index (χ2n) is 9.32. The number of benzene rings is 3. The van der Waals surface area contributed by atoms with E-state index in [0.717, 1.165) is 28.0 Å². The number of fused-ring (bicyclic) bond motifs is 2. The smallest absolute Gasteiger partial charge is 0.234 e. The zero-order valence-electron chi connectivity index (χ0n) is 20.5. The van der Waals surface area contributed by atoms with E-state index in [1.54, 1.807) is 12.1 Å². The van der Waals surface area contributed by atoms with Crippen molar-refractivity contribution in [3.63, 3.8) is 0 Å². The monoisotopic (exact) mass is 493 g/mol. The third-order valence-corrected chi connectivity index (χ3v) is 7.49. The summed E-state index contributed by atoms with van der Waals surface area (Å²) in [7, 11) is 2.00. The molecule has 5 rings (SSSR count). The van der Waals surface area contributed by atoms with Gasteiger partial charge in [-0.2, -0.15) is 0 Å². The summed E-state index contributed by atoms with van der Waals surface area (Å²) in [6.45, 7) is 4.29. The third kappa shape index (κ3) is 4.52. The van der Waals surface area contributed by atoms with E-state index in [1.165, 1.54) is 17.3 Å². The van der Waals surface area contributed by atoms with Gasteiger partial charge in [-0.25, -0.2) is 4.98 Å². The lowest BCUT2D eigenvalue weighted by Gasteiger charge is -2.24. The topological polar surface area (TPSA) is 62.3 Å². The van der Waals surface area contributed by atoms with Gasteiger partial charge in [-0.3, -0.25) is 9.59 Å². The minimum absolute atomic E-state index is 0.0769. The number of nitrogens with one attached hydrogen (secondary N) is 1. The molecule has 4 aromatic rings. The number of para-hydroxylation sites is 3. The Balaban J connectivity index is 1.44. The predicted octanol–water partition coefficient (Wildman–Crippen LogP) is 6.46. The van der Waals surface area contributed by atoms with Crippen LogP contribution in [-0.2, 0) is 10.2 Å². The molecule has 1 aliphatic heterocycles. The Labute approximate surface area is 215 Å². The summed E-state index contributed by atoms with van der Waals surface area (Å²) < 4.78 is 0. The molecule has 0 saturated carbocycles. The van der Waals surface area contributed by atoms with E-state index in [0.29, 0.717) is 10.6 Å². The van der Waals surface area contributed by atoms with Crippen molar-refractivity contribution in [3.05, 3.63) is 108 Å². The Kier molecular flexibility index (Phi) is 6.37. The largest absolute Gasteiger partial charge is 0.347 e. The third-order valence-electron chi connectivity index (χ3n) is 6.58. The number of anilines is 2. The fourth-order valence-corrected chi connectivity index (χ4v) is 5.46. The minimum Gasteiger partial charge on any atom is -0.347 e. The summed E-state index contributed by atoms with van der Waals surface area (Å²) >= 11 is 1.32. The molecular weight excluding hydrogens is 466 g/mol. The van der Waals surface area contributed by atoms with Gasteiger partial charge in [0.1, 0.15) is 0 Å². The van der Waals surface area contributed by atoms with Crippen LogP contribution in [0.3, 0.4) is 0 Å². The number of likely N-dealkylation sites (N-methyl/N-ethyl adjacent to an activating group) is 1. The van der Waals surface area contributed by atoms with Crippen LogP contribution in [0.2, 0.25) is 0 Å². The summed E-state index contributed by atoms with van der Waals surface area (Å²) in [5, 5.41) is 4.33. The molecule has 36 heavy (non-hydrogen) atoms. The Morgan fingerprint density at radius 2 is 1.67 bits per heavy atom. The summed E-state index contributed by atoms with van der Waals surface area (Å²) in [6, 6.07) is 27.0. The number of ketones is 1. The van der Waals surface area contributed by atoms with E-state index in [-0.39, 0.29) is 22.9 Å². The summed E-state index contributed by atoms with van der Waals surface area (Å²) in [5.74, 6) is -0.00444. The molecule has 0 saturated heterocycles. The standard InChI is InChI=1S/C30H27N3O2S/c1-30(2)23-14-8-10-16-25(23)33(3)27(30)18-26(34)22-17-29(32-24-15-9-7-13-21(22)24)36-19-28(35)31-20-11-5-4-6-12-20/h4-18H,19H2,1-3H3,(H,31,35)/b27-18-. The minimum atomic E-state index is -0.295. The van der Waals surface area contributed by atoms with E-state index in [9.17, 15) is 9.59 Å². The van der Waals surface area contributed by atoms with Gasteiger partial charge in [-0.15, -0.1) is 0 Å². The van der Waals surface area contributed by atoms with E-state index < -0.39 is 0 Å². The Hall–Kier alpha value is -3.90. The number of carbonyl (C=O) groups excluding carboxylic acids is 2. The molecule has 0 radical (unpaired) electrons. The molecule has 1 aromatic heterocycles. The molecule has 2 heterocycles. The van der Waals surface area contributed by atoms with Crippen molar-refractivity contribution in [2.75, 3.05) is 23.0 Å². The fourth-order valence-electron chi connectivity index (χ4n) is 4.75. The molecule has 1 amide bonds. The summed E-state index contributed by atoms with van der Waals surface area (Å²) in [5.41, 5.74) is 5.03. The highest BCUT2D eigenvalue weighted by atomic mass is 32.2. The average molecular weight is 494 g/mol. The molecule has 0 atom stereocenters. The first-order chi connectivity index (χ1) is 17.3. The van der Waals surface area contributed by atoms with Gasteiger partial charge in [-0.1, -0.05) is 80.2 Å². The molecule has 1 aliphatic rings. The quantitative estimate of drug-likeness (QED) is 0.190.